The zero-order chi connectivity index (χ0) is 7.49. The molecule has 0 heterocycles. The van der Waals surface area contributed by atoms with Gasteiger partial charge in [-0.25, -0.2) is 4.57 Å². The summed E-state index contributed by atoms with van der Waals surface area (Å²) in [7, 11) is -3.23. The Balaban J connectivity index is 3.73. The van der Waals surface area contributed by atoms with E-state index in [2.05, 4.69) is 9.05 Å². The molecule has 0 spiro atoms. The number of hydrogen-bond donors (Lipinski definition) is 0. The van der Waals surface area contributed by atoms with Crippen LogP contribution in [0.25, 0.3) is 0 Å². The summed E-state index contributed by atoms with van der Waals surface area (Å²) in [6.45, 7) is 3.15. The average Bonchev–Trinajstić information content (AvgIpc) is 1.63. The van der Waals surface area contributed by atoms with Crippen molar-refractivity contribution in [3.63, 3.8) is 0 Å². The van der Waals surface area contributed by atoms with Crippen LogP contribution in [-0.4, -0.2) is 13.2 Å². The maximum atomic E-state index is 12.2. The summed E-state index contributed by atoms with van der Waals surface area (Å²) in [5.41, 5.74) is 0. The van der Waals surface area contributed by atoms with Crippen molar-refractivity contribution in [3.8, 4) is 0 Å². The molecule has 56 valence electrons. The van der Waals surface area contributed by atoms with Gasteiger partial charge in [0.25, 0.3) is 0 Å². The van der Waals surface area contributed by atoms with E-state index in [0.29, 0.717) is 0 Å². The fourth-order valence-corrected chi connectivity index (χ4v) is 0.885. The van der Waals surface area contributed by atoms with Gasteiger partial charge in [0.2, 0.25) is 0 Å². The van der Waals surface area contributed by atoms with Crippen LogP contribution in [0.2, 0.25) is 0 Å². The lowest BCUT2D eigenvalue weighted by Gasteiger charge is -2.08. The molecule has 0 aromatic rings. The molecule has 0 rings (SSSR count). The lowest BCUT2D eigenvalue weighted by Crippen LogP contribution is -1.98. The van der Waals surface area contributed by atoms with Crippen molar-refractivity contribution in [1.82, 2.24) is 0 Å². The summed E-state index contributed by atoms with van der Waals surface area (Å²) in [5, 5.41) is 0. The van der Waals surface area contributed by atoms with Crippen LogP contribution < -0.4 is 0 Å². The van der Waals surface area contributed by atoms with Crippen LogP contribution in [0, 0.1) is 0 Å². The van der Waals surface area contributed by atoms with Crippen LogP contribution in [-0.2, 0) is 13.6 Å². The minimum absolute atomic E-state index is 0.416. The molecule has 1 unspecified atom stereocenters. The second-order valence-electron chi connectivity index (χ2n) is 1.77. The zero-order valence-corrected chi connectivity index (χ0v) is 6.52. The van der Waals surface area contributed by atoms with Crippen LogP contribution in [0.1, 0.15) is 13.8 Å². The molecule has 0 saturated carbocycles. The van der Waals surface area contributed by atoms with Crippen molar-refractivity contribution in [1.29, 1.82) is 0 Å². The predicted octanol–water partition coefficient (Wildman–Crippen LogP) is 2.14. The van der Waals surface area contributed by atoms with E-state index in [1.165, 1.54) is 0 Å². The SMILES string of the molecule is COP(=O)(F)OC(C)C. The van der Waals surface area contributed by atoms with Crippen LogP contribution in [0.15, 0.2) is 0 Å². The summed E-state index contributed by atoms with van der Waals surface area (Å²) >= 11 is 0. The molecule has 0 aliphatic rings. The van der Waals surface area contributed by atoms with Crippen molar-refractivity contribution < 1.29 is 17.8 Å². The number of rotatable bonds is 3. The van der Waals surface area contributed by atoms with Crippen molar-refractivity contribution in [2.75, 3.05) is 7.11 Å². The van der Waals surface area contributed by atoms with Gasteiger partial charge in [0.1, 0.15) is 0 Å². The molecule has 5 heteroatoms. The Hall–Kier alpha value is 0.0800. The second kappa shape index (κ2) is 3.30. The molecule has 0 aliphatic heterocycles. The highest BCUT2D eigenvalue weighted by Gasteiger charge is 2.22. The normalized spacial score (nSPS) is 17.9. The van der Waals surface area contributed by atoms with Crippen LogP contribution in [0.4, 0.5) is 4.20 Å². The Morgan fingerprint density at radius 3 is 2.11 bits per heavy atom. The van der Waals surface area contributed by atoms with E-state index >= 15 is 0 Å². The molecule has 3 nitrogen and oxygen atoms in total. The van der Waals surface area contributed by atoms with Gasteiger partial charge in [-0.1, -0.05) is 0 Å². The monoisotopic (exact) mass is 156 g/mol. The van der Waals surface area contributed by atoms with Gasteiger partial charge in [0.15, 0.2) is 0 Å². The topological polar surface area (TPSA) is 35.5 Å². The van der Waals surface area contributed by atoms with Gasteiger partial charge in [-0.15, -0.1) is 4.20 Å². The summed E-state index contributed by atoms with van der Waals surface area (Å²) in [6.07, 6.45) is -0.416. The minimum atomic E-state index is -4.23. The minimum Gasteiger partial charge on any atom is -0.287 e. The van der Waals surface area contributed by atoms with Crippen molar-refractivity contribution in [2.24, 2.45) is 0 Å². The third kappa shape index (κ3) is 4.58. The Morgan fingerprint density at radius 1 is 1.56 bits per heavy atom. The van der Waals surface area contributed by atoms with E-state index in [1.54, 1.807) is 13.8 Å². The summed E-state index contributed by atoms with van der Waals surface area (Å²) in [6, 6.07) is 0. The van der Waals surface area contributed by atoms with Gasteiger partial charge >= 0.3 is 7.91 Å². The largest absolute Gasteiger partial charge is 0.513 e. The first-order valence-corrected chi connectivity index (χ1v) is 3.95. The Bertz CT molecular complexity index is 125. The zero-order valence-electron chi connectivity index (χ0n) is 5.63. The Kier molecular flexibility index (Phi) is 3.33. The van der Waals surface area contributed by atoms with Crippen molar-refractivity contribution in [2.45, 2.75) is 20.0 Å². The van der Waals surface area contributed by atoms with Gasteiger partial charge in [-0.3, -0.25) is 9.05 Å². The molecule has 0 saturated heterocycles. The molecule has 0 N–H and O–H groups in total. The first kappa shape index (κ1) is 9.08. The molecular formula is C4H10FO3P. The summed E-state index contributed by atoms with van der Waals surface area (Å²) in [4.78, 5) is 0. The van der Waals surface area contributed by atoms with Gasteiger partial charge in [0.05, 0.1) is 6.10 Å². The molecule has 0 amide bonds. The molecule has 0 aromatic carbocycles. The highest BCUT2D eigenvalue weighted by Crippen LogP contribution is 2.49. The summed E-state index contributed by atoms with van der Waals surface area (Å²) < 4.78 is 30.6. The van der Waals surface area contributed by atoms with Crippen LogP contribution in [0.3, 0.4) is 0 Å². The highest BCUT2D eigenvalue weighted by molar-refractivity contribution is 7.48. The van der Waals surface area contributed by atoms with Gasteiger partial charge in [0, 0.05) is 7.11 Å². The molecule has 0 fully saturated rings. The van der Waals surface area contributed by atoms with Crippen LogP contribution >= 0.6 is 7.91 Å². The van der Waals surface area contributed by atoms with E-state index in [4.69, 9.17) is 0 Å². The first-order valence-electron chi connectivity index (χ1n) is 2.52. The van der Waals surface area contributed by atoms with E-state index in [-0.39, 0.29) is 0 Å². The maximum Gasteiger partial charge on any atom is 0.513 e. The van der Waals surface area contributed by atoms with E-state index in [9.17, 15) is 8.76 Å². The lowest BCUT2D eigenvalue weighted by atomic mass is 10.5. The Morgan fingerprint density at radius 2 is 2.00 bits per heavy atom. The van der Waals surface area contributed by atoms with Gasteiger partial charge in [-0.05, 0) is 13.8 Å². The van der Waals surface area contributed by atoms with Crippen molar-refractivity contribution in [3.05, 3.63) is 0 Å². The third-order valence-corrected chi connectivity index (χ3v) is 1.66. The molecule has 1 atom stereocenters. The van der Waals surface area contributed by atoms with E-state index in [0.717, 1.165) is 7.11 Å². The lowest BCUT2D eigenvalue weighted by molar-refractivity contribution is 0.161. The molecular weight excluding hydrogens is 146 g/mol. The van der Waals surface area contributed by atoms with Crippen LogP contribution in [0.5, 0.6) is 0 Å². The number of hydrogen-bond acceptors (Lipinski definition) is 3. The fraction of sp³-hybridized carbons (Fsp3) is 1.00. The standard InChI is InChI=1S/C4H10FO3P/c1-4(2)8-9(5,6)7-3/h4H,1-3H3. The summed E-state index contributed by atoms with van der Waals surface area (Å²) in [5.74, 6) is 0. The quantitative estimate of drug-likeness (QED) is 0.587. The second-order valence-corrected chi connectivity index (χ2v) is 3.20. The fourth-order valence-electron chi connectivity index (χ4n) is 0.295. The molecule has 9 heavy (non-hydrogen) atoms. The molecule has 0 radical (unpaired) electrons. The average molecular weight is 156 g/mol. The molecule has 0 aromatic heterocycles. The molecule has 0 bridgehead atoms. The Labute approximate surface area is 53.8 Å². The molecule has 0 aliphatic carbocycles. The van der Waals surface area contributed by atoms with Gasteiger partial charge in [-0.2, -0.15) is 0 Å². The highest BCUT2D eigenvalue weighted by atomic mass is 31.2. The van der Waals surface area contributed by atoms with Gasteiger partial charge < -0.3 is 0 Å². The maximum absolute atomic E-state index is 12.2. The van der Waals surface area contributed by atoms with E-state index < -0.39 is 14.0 Å². The number of halogens is 1. The third-order valence-electron chi connectivity index (χ3n) is 0.555. The van der Waals surface area contributed by atoms with E-state index in [1.807, 2.05) is 0 Å². The predicted molar refractivity (Wildman–Crippen MR) is 31.9 cm³/mol. The van der Waals surface area contributed by atoms with Crippen molar-refractivity contribution >= 4 is 7.91 Å². The first-order chi connectivity index (χ1) is 3.98. The smallest absolute Gasteiger partial charge is 0.287 e.